The molecular formula is C18H28O. The molecule has 0 atom stereocenters. The Kier molecular flexibility index (Phi) is 5.91. The van der Waals surface area contributed by atoms with E-state index in [4.69, 9.17) is 4.74 Å². The van der Waals surface area contributed by atoms with E-state index < -0.39 is 0 Å². The molecule has 0 N–H and O–H groups in total. The van der Waals surface area contributed by atoms with Crippen LogP contribution in [0.1, 0.15) is 62.5 Å². The van der Waals surface area contributed by atoms with Crippen molar-refractivity contribution in [1.29, 1.82) is 0 Å². The summed E-state index contributed by atoms with van der Waals surface area (Å²) in [4.78, 5) is 0. The molecule has 1 aromatic carbocycles. The summed E-state index contributed by atoms with van der Waals surface area (Å²) in [6.45, 7) is 3.15. The summed E-state index contributed by atoms with van der Waals surface area (Å²) in [5, 5.41) is 0. The van der Waals surface area contributed by atoms with Gasteiger partial charge in [-0.25, -0.2) is 0 Å². The zero-order chi connectivity index (χ0) is 13.5. The Labute approximate surface area is 118 Å². The number of rotatable bonds is 6. The smallest absolute Gasteiger partial charge is 0.0462 e. The summed E-state index contributed by atoms with van der Waals surface area (Å²) in [6, 6.07) is 9.32. The zero-order valence-corrected chi connectivity index (χ0v) is 12.5. The number of ether oxygens (including phenoxy) is 1. The van der Waals surface area contributed by atoms with Gasteiger partial charge < -0.3 is 4.74 Å². The van der Waals surface area contributed by atoms with Crippen LogP contribution in [0.5, 0.6) is 0 Å². The molecule has 0 spiro atoms. The highest BCUT2D eigenvalue weighted by atomic mass is 16.5. The third-order valence-corrected chi connectivity index (χ3v) is 4.67. The highest BCUT2D eigenvalue weighted by Gasteiger charge is 2.21. The van der Waals surface area contributed by atoms with Crippen molar-refractivity contribution in [2.24, 2.45) is 5.92 Å². The lowest BCUT2D eigenvalue weighted by atomic mass is 9.77. The van der Waals surface area contributed by atoms with Gasteiger partial charge in [-0.05, 0) is 67.9 Å². The molecule has 0 unspecified atom stereocenters. The average Bonchev–Trinajstić information content (AvgIpc) is 2.48. The summed E-state index contributed by atoms with van der Waals surface area (Å²) >= 11 is 0. The van der Waals surface area contributed by atoms with Crippen molar-refractivity contribution in [3.8, 4) is 0 Å². The van der Waals surface area contributed by atoms with Crippen LogP contribution < -0.4 is 0 Å². The fourth-order valence-electron chi connectivity index (χ4n) is 3.33. The van der Waals surface area contributed by atoms with Crippen LogP contribution in [-0.4, -0.2) is 13.7 Å². The summed E-state index contributed by atoms with van der Waals surface area (Å²) in [6.07, 6.45) is 9.30. The van der Waals surface area contributed by atoms with E-state index in [-0.39, 0.29) is 0 Å². The standard InChI is InChI=1S/C18H28O/c1-3-15-6-10-17(11-7-15)18-12-8-16(9-13-18)5-4-14-19-2/h6-7,10-11,16,18H,3-5,8-9,12-14H2,1-2H3. The molecule has 0 aromatic heterocycles. The molecule has 1 aromatic rings. The fraction of sp³-hybridized carbons (Fsp3) is 0.667. The number of hydrogen-bond donors (Lipinski definition) is 0. The van der Waals surface area contributed by atoms with Gasteiger partial charge in [0, 0.05) is 13.7 Å². The predicted molar refractivity (Wildman–Crippen MR) is 81.6 cm³/mol. The van der Waals surface area contributed by atoms with Crippen LogP contribution in [0.15, 0.2) is 24.3 Å². The minimum absolute atomic E-state index is 0.810. The minimum atomic E-state index is 0.810. The van der Waals surface area contributed by atoms with Gasteiger partial charge in [0.15, 0.2) is 0 Å². The van der Waals surface area contributed by atoms with E-state index in [2.05, 4.69) is 31.2 Å². The van der Waals surface area contributed by atoms with Gasteiger partial charge in [0.1, 0.15) is 0 Å². The Balaban J connectivity index is 1.78. The van der Waals surface area contributed by atoms with E-state index in [1.807, 2.05) is 0 Å². The Morgan fingerprint density at radius 1 is 1.05 bits per heavy atom. The highest BCUT2D eigenvalue weighted by Crippen LogP contribution is 2.37. The summed E-state index contributed by atoms with van der Waals surface area (Å²) < 4.78 is 5.15. The molecule has 0 bridgehead atoms. The highest BCUT2D eigenvalue weighted by molar-refractivity contribution is 5.25. The molecule has 0 saturated heterocycles. The molecule has 1 aliphatic rings. The van der Waals surface area contributed by atoms with Gasteiger partial charge in [-0.15, -0.1) is 0 Å². The molecular weight excluding hydrogens is 232 g/mol. The van der Waals surface area contributed by atoms with Crippen LogP contribution >= 0.6 is 0 Å². The molecule has 106 valence electrons. The van der Waals surface area contributed by atoms with Gasteiger partial charge >= 0.3 is 0 Å². The van der Waals surface area contributed by atoms with Gasteiger partial charge in [-0.1, -0.05) is 31.2 Å². The summed E-state index contributed by atoms with van der Waals surface area (Å²) in [5.41, 5.74) is 3.02. The summed E-state index contributed by atoms with van der Waals surface area (Å²) in [5.74, 6) is 1.76. The first-order chi connectivity index (χ1) is 9.33. The van der Waals surface area contributed by atoms with Crippen LogP contribution in [0, 0.1) is 5.92 Å². The first-order valence-corrected chi connectivity index (χ1v) is 7.91. The van der Waals surface area contributed by atoms with Crippen molar-refractivity contribution in [1.82, 2.24) is 0 Å². The SMILES string of the molecule is CCc1ccc(C2CCC(CCCOC)CC2)cc1. The van der Waals surface area contributed by atoms with Gasteiger partial charge in [0.2, 0.25) is 0 Å². The number of hydrogen-bond acceptors (Lipinski definition) is 1. The Hall–Kier alpha value is -0.820. The molecule has 0 aliphatic heterocycles. The largest absolute Gasteiger partial charge is 0.385 e. The topological polar surface area (TPSA) is 9.23 Å². The molecule has 1 saturated carbocycles. The second-order valence-corrected chi connectivity index (χ2v) is 5.95. The zero-order valence-electron chi connectivity index (χ0n) is 12.5. The third-order valence-electron chi connectivity index (χ3n) is 4.67. The molecule has 2 rings (SSSR count). The van der Waals surface area contributed by atoms with Gasteiger partial charge in [-0.2, -0.15) is 0 Å². The quantitative estimate of drug-likeness (QED) is 0.658. The average molecular weight is 260 g/mol. The molecule has 0 heterocycles. The maximum atomic E-state index is 5.15. The van der Waals surface area contributed by atoms with E-state index in [0.29, 0.717) is 0 Å². The van der Waals surface area contributed by atoms with Crippen molar-refractivity contribution < 1.29 is 4.74 Å². The lowest BCUT2D eigenvalue weighted by molar-refractivity contribution is 0.180. The first-order valence-electron chi connectivity index (χ1n) is 7.91. The molecule has 1 fully saturated rings. The Morgan fingerprint density at radius 2 is 1.74 bits per heavy atom. The number of aryl methyl sites for hydroxylation is 1. The van der Waals surface area contributed by atoms with E-state index in [9.17, 15) is 0 Å². The van der Waals surface area contributed by atoms with Crippen molar-refractivity contribution in [2.75, 3.05) is 13.7 Å². The molecule has 0 radical (unpaired) electrons. The molecule has 19 heavy (non-hydrogen) atoms. The number of benzene rings is 1. The maximum Gasteiger partial charge on any atom is 0.0462 e. The van der Waals surface area contributed by atoms with Crippen LogP contribution in [-0.2, 0) is 11.2 Å². The lowest BCUT2D eigenvalue weighted by Gasteiger charge is -2.29. The van der Waals surface area contributed by atoms with Crippen molar-refractivity contribution in [3.05, 3.63) is 35.4 Å². The van der Waals surface area contributed by atoms with Gasteiger partial charge in [0.25, 0.3) is 0 Å². The maximum absolute atomic E-state index is 5.15. The van der Waals surface area contributed by atoms with E-state index in [1.54, 1.807) is 12.7 Å². The number of methoxy groups -OCH3 is 1. The van der Waals surface area contributed by atoms with Crippen molar-refractivity contribution >= 4 is 0 Å². The Bertz CT molecular complexity index is 346. The van der Waals surface area contributed by atoms with E-state index in [1.165, 1.54) is 44.1 Å². The molecule has 0 amide bonds. The monoisotopic (exact) mass is 260 g/mol. The molecule has 1 nitrogen and oxygen atoms in total. The van der Waals surface area contributed by atoms with Crippen molar-refractivity contribution in [2.45, 2.75) is 57.8 Å². The molecule has 1 aliphatic carbocycles. The molecule has 1 heteroatoms. The summed E-state index contributed by atoms with van der Waals surface area (Å²) in [7, 11) is 1.80. The second kappa shape index (κ2) is 7.69. The van der Waals surface area contributed by atoms with E-state index >= 15 is 0 Å². The minimum Gasteiger partial charge on any atom is -0.385 e. The first kappa shape index (κ1) is 14.6. The van der Waals surface area contributed by atoms with Gasteiger partial charge in [0.05, 0.1) is 0 Å². The van der Waals surface area contributed by atoms with Crippen LogP contribution in [0.25, 0.3) is 0 Å². The van der Waals surface area contributed by atoms with Crippen LogP contribution in [0.2, 0.25) is 0 Å². The van der Waals surface area contributed by atoms with Crippen LogP contribution in [0.3, 0.4) is 0 Å². The van der Waals surface area contributed by atoms with Crippen LogP contribution in [0.4, 0.5) is 0 Å². The lowest BCUT2D eigenvalue weighted by Crippen LogP contribution is -2.14. The van der Waals surface area contributed by atoms with E-state index in [0.717, 1.165) is 24.9 Å². The van der Waals surface area contributed by atoms with Gasteiger partial charge in [-0.3, -0.25) is 0 Å². The predicted octanol–water partition coefficient (Wildman–Crippen LogP) is 4.95. The normalized spacial score (nSPS) is 23.5. The Morgan fingerprint density at radius 3 is 2.32 bits per heavy atom. The fourth-order valence-corrected chi connectivity index (χ4v) is 3.33. The van der Waals surface area contributed by atoms with Crippen molar-refractivity contribution in [3.63, 3.8) is 0 Å². The second-order valence-electron chi connectivity index (χ2n) is 5.95. The third kappa shape index (κ3) is 4.35.